The standard InChI is InChI=1S/C14H20ClNO4/c1-16(14(17)11-19-10-9-18-2)7-8-20-13-6-4-3-5-12(13)15/h3-6H,7-11H2,1-2H3. The quantitative estimate of drug-likeness (QED) is 0.653. The molecular formula is C14H20ClNO4. The number of carbonyl (C=O) groups is 1. The van der Waals surface area contributed by atoms with Gasteiger partial charge in [-0.2, -0.15) is 0 Å². The highest BCUT2D eigenvalue weighted by atomic mass is 35.5. The molecule has 0 spiro atoms. The minimum absolute atomic E-state index is 0.0476. The molecule has 20 heavy (non-hydrogen) atoms. The van der Waals surface area contributed by atoms with Crippen molar-refractivity contribution < 1.29 is 19.0 Å². The van der Waals surface area contributed by atoms with Gasteiger partial charge >= 0.3 is 0 Å². The number of likely N-dealkylation sites (N-methyl/N-ethyl adjacent to an activating group) is 1. The predicted octanol–water partition coefficient (Wildman–Crippen LogP) is 1.84. The molecule has 1 rings (SSSR count). The third kappa shape index (κ3) is 6.23. The molecule has 0 heterocycles. The molecule has 0 radical (unpaired) electrons. The van der Waals surface area contributed by atoms with Crippen LogP contribution in [0.4, 0.5) is 0 Å². The van der Waals surface area contributed by atoms with Crippen molar-refractivity contribution in [3.8, 4) is 5.75 Å². The summed E-state index contributed by atoms with van der Waals surface area (Å²) in [5.41, 5.74) is 0. The Morgan fingerprint density at radius 1 is 1.25 bits per heavy atom. The summed E-state index contributed by atoms with van der Waals surface area (Å²) >= 11 is 5.96. The molecule has 0 aliphatic rings. The number of ether oxygens (including phenoxy) is 3. The van der Waals surface area contributed by atoms with Gasteiger partial charge in [0.15, 0.2) is 0 Å². The van der Waals surface area contributed by atoms with E-state index in [1.165, 1.54) is 0 Å². The lowest BCUT2D eigenvalue weighted by Gasteiger charge is -2.17. The summed E-state index contributed by atoms with van der Waals surface area (Å²) in [6.07, 6.45) is 0. The van der Waals surface area contributed by atoms with Crippen molar-refractivity contribution in [2.75, 3.05) is 47.1 Å². The first-order valence-corrected chi connectivity index (χ1v) is 6.71. The second-order valence-corrected chi connectivity index (χ2v) is 4.55. The fourth-order valence-electron chi connectivity index (χ4n) is 1.39. The van der Waals surface area contributed by atoms with Crippen LogP contribution in [0.15, 0.2) is 24.3 Å². The zero-order chi connectivity index (χ0) is 14.8. The zero-order valence-electron chi connectivity index (χ0n) is 11.8. The number of rotatable bonds is 9. The van der Waals surface area contributed by atoms with Gasteiger partial charge in [0.1, 0.15) is 19.0 Å². The third-order valence-electron chi connectivity index (χ3n) is 2.60. The molecule has 1 aromatic rings. The first kappa shape index (κ1) is 16.8. The topological polar surface area (TPSA) is 48.0 Å². The van der Waals surface area contributed by atoms with Crippen LogP contribution in [0.5, 0.6) is 5.75 Å². The van der Waals surface area contributed by atoms with Crippen LogP contribution in [0, 0.1) is 0 Å². The van der Waals surface area contributed by atoms with Gasteiger partial charge in [0.2, 0.25) is 5.91 Å². The smallest absolute Gasteiger partial charge is 0.248 e. The van der Waals surface area contributed by atoms with Gasteiger partial charge < -0.3 is 19.1 Å². The van der Waals surface area contributed by atoms with E-state index in [2.05, 4.69) is 0 Å². The Morgan fingerprint density at radius 2 is 2.00 bits per heavy atom. The van der Waals surface area contributed by atoms with Crippen molar-refractivity contribution in [3.05, 3.63) is 29.3 Å². The monoisotopic (exact) mass is 301 g/mol. The maximum Gasteiger partial charge on any atom is 0.248 e. The van der Waals surface area contributed by atoms with Crippen molar-refractivity contribution >= 4 is 17.5 Å². The summed E-state index contributed by atoms with van der Waals surface area (Å²) in [7, 11) is 3.29. The highest BCUT2D eigenvalue weighted by Crippen LogP contribution is 2.22. The van der Waals surface area contributed by atoms with Gasteiger partial charge in [-0.1, -0.05) is 23.7 Å². The molecular weight excluding hydrogens is 282 g/mol. The van der Waals surface area contributed by atoms with Crippen molar-refractivity contribution in [3.63, 3.8) is 0 Å². The minimum Gasteiger partial charge on any atom is -0.490 e. The van der Waals surface area contributed by atoms with Crippen LogP contribution in [0.3, 0.4) is 0 Å². The third-order valence-corrected chi connectivity index (χ3v) is 2.92. The number of methoxy groups -OCH3 is 1. The van der Waals surface area contributed by atoms with Crippen LogP contribution in [-0.4, -0.2) is 57.9 Å². The fraction of sp³-hybridized carbons (Fsp3) is 0.500. The molecule has 0 saturated heterocycles. The Hall–Kier alpha value is -1.30. The van der Waals surface area contributed by atoms with E-state index in [1.807, 2.05) is 12.1 Å². The number of hydrogen-bond donors (Lipinski definition) is 0. The molecule has 1 amide bonds. The van der Waals surface area contributed by atoms with Gasteiger partial charge in [0, 0.05) is 14.2 Å². The summed E-state index contributed by atoms with van der Waals surface area (Å²) in [4.78, 5) is 13.3. The summed E-state index contributed by atoms with van der Waals surface area (Å²) in [6.45, 7) is 1.78. The zero-order valence-corrected chi connectivity index (χ0v) is 12.6. The number of nitrogens with zero attached hydrogens (tertiary/aromatic N) is 1. The van der Waals surface area contributed by atoms with Gasteiger partial charge in [-0.15, -0.1) is 0 Å². The largest absolute Gasteiger partial charge is 0.490 e. The average molecular weight is 302 g/mol. The van der Waals surface area contributed by atoms with E-state index in [1.54, 1.807) is 31.2 Å². The van der Waals surface area contributed by atoms with E-state index in [0.29, 0.717) is 37.1 Å². The fourth-order valence-corrected chi connectivity index (χ4v) is 1.58. The lowest BCUT2D eigenvalue weighted by molar-refractivity contribution is -0.135. The first-order valence-electron chi connectivity index (χ1n) is 6.33. The lowest BCUT2D eigenvalue weighted by atomic mass is 10.3. The van der Waals surface area contributed by atoms with Gasteiger partial charge in [0.25, 0.3) is 0 Å². The molecule has 0 saturated carbocycles. The molecule has 0 atom stereocenters. The summed E-state index contributed by atoms with van der Waals surface area (Å²) < 4.78 is 15.5. The van der Waals surface area contributed by atoms with Gasteiger partial charge in [-0.3, -0.25) is 4.79 Å². The van der Waals surface area contributed by atoms with E-state index in [4.69, 9.17) is 25.8 Å². The molecule has 0 bridgehead atoms. The number of amides is 1. The van der Waals surface area contributed by atoms with E-state index in [-0.39, 0.29) is 12.5 Å². The average Bonchev–Trinajstić information content (AvgIpc) is 2.45. The van der Waals surface area contributed by atoms with Crippen molar-refractivity contribution in [1.29, 1.82) is 0 Å². The predicted molar refractivity (Wildman–Crippen MR) is 77.3 cm³/mol. The van der Waals surface area contributed by atoms with E-state index >= 15 is 0 Å². The second kappa shape index (κ2) is 9.58. The van der Waals surface area contributed by atoms with Crippen molar-refractivity contribution in [2.24, 2.45) is 0 Å². The molecule has 0 N–H and O–H groups in total. The van der Waals surface area contributed by atoms with E-state index in [9.17, 15) is 4.79 Å². The maximum atomic E-state index is 11.7. The highest BCUT2D eigenvalue weighted by molar-refractivity contribution is 6.32. The lowest BCUT2D eigenvalue weighted by Crippen LogP contribution is -2.34. The van der Waals surface area contributed by atoms with Crippen LogP contribution in [0.1, 0.15) is 0 Å². The number of benzene rings is 1. The number of hydrogen-bond acceptors (Lipinski definition) is 4. The van der Waals surface area contributed by atoms with Crippen LogP contribution in [0.25, 0.3) is 0 Å². The Bertz CT molecular complexity index is 414. The molecule has 0 aliphatic heterocycles. The summed E-state index contributed by atoms with van der Waals surface area (Å²) in [5, 5.41) is 0.560. The molecule has 0 unspecified atom stereocenters. The molecule has 1 aromatic carbocycles. The summed E-state index contributed by atoms with van der Waals surface area (Å²) in [6, 6.07) is 7.23. The Kier molecular flexibility index (Phi) is 8.02. The Balaban J connectivity index is 2.20. The van der Waals surface area contributed by atoms with Crippen molar-refractivity contribution in [2.45, 2.75) is 0 Å². The maximum absolute atomic E-state index is 11.7. The van der Waals surface area contributed by atoms with Gasteiger partial charge in [-0.05, 0) is 12.1 Å². The van der Waals surface area contributed by atoms with Gasteiger partial charge in [-0.25, -0.2) is 0 Å². The number of para-hydroxylation sites is 1. The first-order chi connectivity index (χ1) is 9.65. The summed E-state index contributed by atoms with van der Waals surface area (Å²) in [5.74, 6) is 0.523. The van der Waals surface area contributed by atoms with Crippen LogP contribution in [-0.2, 0) is 14.3 Å². The normalized spacial score (nSPS) is 10.3. The molecule has 0 fully saturated rings. The van der Waals surface area contributed by atoms with E-state index < -0.39 is 0 Å². The number of halogens is 1. The minimum atomic E-state index is -0.0936. The molecule has 6 heteroatoms. The van der Waals surface area contributed by atoms with Crippen LogP contribution >= 0.6 is 11.6 Å². The molecule has 0 aromatic heterocycles. The second-order valence-electron chi connectivity index (χ2n) is 4.14. The number of carbonyl (C=O) groups excluding carboxylic acids is 1. The molecule has 112 valence electrons. The van der Waals surface area contributed by atoms with Crippen molar-refractivity contribution in [1.82, 2.24) is 4.90 Å². The Labute approximate surface area is 124 Å². The van der Waals surface area contributed by atoms with Gasteiger partial charge in [0.05, 0.1) is 24.8 Å². The molecule has 5 nitrogen and oxygen atoms in total. The van der Waals surface area contributed by atoms with E-state index in [0.717, 1.165) is 0 Å². The SMILES string of the molecule is COCCOCC(=O)N(C)CCOc1ccccc1Cl. The molecule has 0 aliphatic carbocycles. The Morgan fingerprint density at radius 3 is 2.70 bits per heavy atom. The van der Waals surface area contributed by atoms with Crippen LogP contribution < -0.4 is 4.74 Å². The highest BCUT2D eigenvalue weighted by Gasteiger charge is 2.09. The van der Waals surface area contributed by atoms with Crippen LogP contribution in [0.2, 0.25) is 5.02 Å².